The minimum absolute atomic E-state index is 0. The van der Waals surface area contributed by atoms with E-state index in [1.54, 1.807) is 6.92 Å². The number of anilines is 1. The van der Waals surface area contributed by atoms with Gasteiger partial charge in [-0.2, -0.15) is 0 Å². The van der Waals surface area contributed by atoms with Crippen LogP contribution in [-0.2, 0) is 4.79 Å². The van der Waals surface area contributed by atoms with Gasteiger partial charge in [0.05, 0.1) is 11.2 Å². The van der Waals surface area contributed by atoms with Crippen LogP contribution in [0.1, 0.15) is 37.2 Å². The molecule has 0 fully saturated rings. The minimum Gasteiger partial charge on any atom is -0.364 e. The first kappa shape index (κ1) is 16.5. The van der Waals surface area contributed by atoms with Crippen molar-refractivity contribution in [2.45, 2.75) is 32.2 Å². The third-order valence-corrected chi connectivity index (χ3v) is 2.49. The van der Waals surface area contributed by atoms with Gasteiger partial charge in [-0.1, -0.05) is 13.3 Å². The van der Waals surface area contributed by atoms with Crippen molar-refractivity contribution in [1.82, 2.24) is 4.98 Å². The Bertz CT molecular complexity index is 428. The average molecular weight is 275 g/mol. The molecule has 1 rings (SSSR count). The zero-order valence-corrected chi connectivity index (χ0v) is 11.3. The lowest BCUT2D eigenvalue weighted by Crippen LogP contribution is -2.48. The molecule has 1 heterocycles. The Balaban J connectivity index is 0.00000289. The minimum atomic E-state index is -0.918. The third kappa shape index (κ3) is 4.05. The smallest absolute Gasteiger partial charge is 0.265 e. The van der Waals surface area contributed by atoms with Crippen molar-refractivity contribution in [3.05, 3.63) is 18.0 Å². The normalized spacial score (nSPS) is 13.3. The van der Waals surface area contributed by atoms with Crippen LogP contribution in [0.2, 0.25) is 0 Å². The van der Waals surface area contributed by atoms with E-state index in [0.717, 1.165) is 6.42 Å². The molecule has 7 heteroatoms. The molecule has 1 atom stereocenters. The number of carbonyl (C=O) groups is 2. The van der Waals surface area contributed by atoms with E-state index in [4.69, 9.17) is 11.5 Å². The largest absolute Gasteiger partial charge is 0.364 e. The number of H-pyrrole nitrogens is 1. The molecule has 0 bridgehead atoms. The molecule has 18 heavy (non-hydrogen) atoms. The van der Waals surface area contributed by atoms with Gasteiger partial charge in [0.15, 0.2) is 0 Å². The van der Waals surface area contributed by atoms with E-state index >= 15 is 0 Å². The predicted molar refractivity (Wildman–Crippen MR) is 72.7 cm³/mol. The number of halogens is 1. The second kappa shape index (κ2) is 6.42. The van der Waals surface area contributed by atoms with Crippen LogP contribution in [0.4, 0.5) is 5.69 Å². The fraction of sp³-hybridized carbons (Fsp3) is 0.455. The van der Waals surface area contributed by atoms with E-state index in [2.05, 4.69) is 10.3 Å². The molecule has 6 N–H and O–H groups in total. The monoisotopic (exact) mass is 274 g/mol. The van der Waals surface area contributed by atoms with Crippen molar-refractivity contribution in [2.75, 3.05) is 5.32 Å². The quantitative estimate of drug-likeness (QED) is 0.642. The highest BCUT2D eigenvalue weighted by atomic mass is 35.5. The number of hydrogen-bond acceptors (Lipinski definition) is 3. The van der Waals surface area contributed by atoms with Gasteiger partial charge in [-0.3, -0.25) is 9.59 Å². The molecule has 1 aromatic heterocycles. The Kier molecular flexibility index (Phi) is 5.87. The first-order valence-corrected chi connectivity index (χ1v) is 5.45. The van der Waals surface area contributed by atoms with E-state index < -0.39 is 11.4 Å². The highest BCUT2D eigenvalue weighted by Gasteiger charge is 2.27. The first-order chi connectivity index (χ1) is 7.86. The second-order valence-electron chi connectivity index (χ2n) is 4.29. The summed E-state index contributed by atoms with van der Waals surface area (Å²) in [5, 5.41) is 2.64. The maximum absolute atomic E-state index is 11.8. The van der Waals surface area contributed by atoms with Crippen LogP contribution in [0.15, 0.2) is 12.3 Å². The molecule has 2 amide bonds. The summed E-state index contributed by atoms with van der Waals surface area (Å²) in [5.74, 6) is -0.857. The zero-order chi connectivity index (χ0) is 13.1. The summed E-state index contributed by atoms with van der Waals surface area (Å²) in [6.45, 7) is 3.63. The Hall–Kier alpha value is -1.53. The fourth-order valence-corrected chi connectivity index (χ4v) is 1.52. The second-order valence-corrected chi connectivity index (χ2v) is 4.29. The lowest BCUT2D eigenvalue weighted by atomic mass is 9.96. The summed E-state index contributed by atoms with van der Waals surface area (Å²) in [6.07, 6.45) is 2.91. The zero-order valence-electron chi connectivity index (χ0n) is 10.4. The van der Waals surface area contributed by atoms with Gasteiger partial charge in [-0.15, -0.1) is 12.4 Å². The van der Waals surface area contributed by atoms with Gasteiger partial charge >= 0.3 is 0 Å². The molecule has 1 aromatic rings. The average Bonchev–Trinajstić information content (AvgIpc) is 2.66. The Morgan fingerprint density at radius 3 is 2.56 bits per heavy atom. The molecule has 0 aromatic carbocycles. The van der Waals surface area contributed by atoms with Crippen molar-refractivity contribution in [1.29, 1.82) is 0 Å². The standard InChI is InChI=1S/C11H18N4O2.ClH/c1-3-4-11(2,13)10(17)15-7-5-8(9(12)16)14-6-7;/h5-6,14H,3-4,13H2,1-2H3,(H2,12,16)(H,15,17);1H. The van der Waals surface area contributed by atoms with Crippen molar-refractivity contribution in [2.24, 2.45) is 11.5 Å². The Labute approximate surface area is 112 Å². The molecular weight excluding hydrogens is 256 g/mol. The van der Waals surface area contributed by atoms with E-state index in [-0.39, 0.29) is 24.0 Å². The molecular formula is C11H19ClN4O2. The summed E-state index contributed by atoms with van der Waals surface area (Å²) >= 11 is 0. The van der Waals surface area contributed by atoms with Crippen LogP contribution in [0, 0.1) is 0 Å². The summed E-state index contributed by atoms with van der Waals surface area (Å²) in [5.41, 5.74) is 10.8. The number of hydrogen-bond donors (Lipinski definition) is 4. The van der Waals surface area contributed by atoms with Gasteiger partial charge in [0.1, 0.15) is 5.69 Å². The van der Waals surface area contributed by atoms with Crippen molar-refractivity contribution in [3.8, 4) is 0 Å². The molecule has 0 radical (unpaired) electrons. The van der Waals surface area contributed by atoms with E-state index in [1.165, 1.54) is 12.3 Å². The molecule has 102 valence electrons. The van der Waals surface area contributed by atoms with Crippen molar-refractivity contribution < 1.29 is 9.59 Å². The summed E-state index contributed by atoms with van der Waals surface area (Å²) in [4.78, 5) is 25.4. The van der Waals surface area contributed by atoms with Crippen LogP contribution in [0.3, 0.4) is 0 Å². The Morgan fingerprint density at radius 2 is 2.11 bits per heavy atom. The van der Waals surface area contributed by atoms with Gasteiger partial charge in [0, 0.05) is 6.20 Å². The third-order valence-electron chi connectivity index (χ3n) is 2.49. The number of nitrogens with two attached hydrogens (primary N) is 2. The molecule has 0 aliphatic heterocycles. The van der Waals surface area contributed by atoms with Gasteiger partial charge in [0.2, 0.25) is 5.91 Å². The van der Waals surface area contributed by atoms with Gasteiger partial charge in [-0.25, -0.2) is 0 Å². The van der Waals surface area contributed by atoms with E-state index in [9.17, 15) is 9.59 Å². The van der Waals surface area contributed by atoms with Crippen molar-refractivity contribution in [3.63, 3.8) is 0 Å². The summed E-state index contributed by atoms with van der Waals surface area (Å²) in [6, 6.07) is 1.47. The van der Waals surface area contributed by atoms with Crippen LogP contribution in [0.5, 0.6) is 0 Å². The van der Waals surface area contributed by atoms with Crippen LogP contribution in [0.25, 0.3) is 0 Å². The SMILES string of the molecule is CCCC(C)(N)C(=O)Nc1c[nH]c(C(N)=O)c1.Cl. The van der Waals surface area contributed by atoms with Gasteiger partial charge in [-0.05, 0) is 19.4 Å². The van der Waals surface area contributed by atoms with Gasteiger partial charge in [0.25, 0.3) is 5.91 Å². The number of aromatic amines is 1. The predicted octanol–water partition coefficient (Wildman–Crippen LogP) is 0.991. The van der Waals surface area contributed by atoms with Crippen LogP contribution in [-0.4, -0.2) is 22.3 Å². The highest BCUT2D eigenvalue weighted by Crippen LogP contribution is 2.14. The summed E-state index contributed by atoms with van der Waals surface area (Å²) < 4.78 is 0. The maximum Gasteiger partial charge on any atom is 0.265 e. The lowest BCUT2D eigenvalue weighted by molar-refractivity contribution is -0.120. The highest BCUT2D eigenvalue weighted by molar-refractivity contribution is 5.99. The number of aromatic nitrogens is 1. The lowest BCUT2D eigenvalue weighted by Gasteiger charge is -2.22. The molecule has 0 spiro atoms. The van der Waals surface area contributed by atoms with E-state index in [1.807, 2.05) is 6.92 Å². The number of nitrogens with one attached hydrogen (secondary N) is 2. The number of rotatable bonds is 5. The van der Waals surface area contributed by atoms with Crippen LogP contribution >= 0.6 is 12.4 Å². The molecule has 1 unspecified atom stereocenters. The maximum atomic E-state index is 11.8. The number of amides is 2. The molecule has 0 aliphatic carbocycles. The van der Waals surface area contributed by atoms with E-state index in [0.29, 0.717) is 12.1 Å². The molecule has 0 saturated carbocycles. The molecule has 0 saturated heterocycles. The number of primary amides is 1. The summed E-state index contributed by atoms with van der Waals surface area (Å²) in [7, 11) is 0. The Morgan fingerprint density at radius 1 is 1.50 bits per heavy atom. The van der Waals surface area contributed by atoms with Crippen molar-refractivity contribution >= 4 is 29.9 Å². The first-order valence-electron chi connectivity index (χ1n) is 5.45. The molecule has 0 aliphatic rings. The van der Waals surface area contributed by atoms with Gasteiger partial charge < -0.3 is 21.8 Å². The van der Waals surface area contributed by atoms with Crippen LogP contribution < -0.4 is 16.8 Å². The number of carbonyl (C=O) groups excluding carboxylic acids is 2. The topological polar surface area (TPSA) is 114 Å². The fourth-order valence-electron chi connectivity index (χ4n) is 1.52. The molecule has 6 nitrogen and oxygen atoms in total.